The Kier molecular flexibility index (Phi) is 8.89. The van der Waals surface area contributed by atoms with Crippen LogP contribution in [0.3, 0.4) is 0 Å². The van der Waals surface area contributed by atoms with Gasteiger partial charge in [-0.15, -0.1) is 0 Å². The molecule has 1 heterocycles. The van der Waals surface area contributed by atoms with Gasteiger partial charge >= 0.3 is 5.97 Å². The van der Waals surface area contributed by atoms with Crippen molar-refractivity contribution in [3.63, 3.8) is 0 Å². The number of nitrogens with one attached hydrogen (secondary N) is 2. The van der Waals surface area contributed by atoms with E-state index in [2.05, 4.69) is 10.6 Å². The third kappa shape index (κ3) is 7.42. The van der Waals surface area contributed by atoms with E-state index in [0.717, 1.165) is 32.1 Å². The van der Waals surface area contributed by atoms with Gasteiger partial charge in [0.2, 0.25) is 11.8 Å². The maximum atomic E-state index is 13.1. The molecule has 0 radical (unpaired) electrons. The van der Waals surface area contributed by atoms with Crippen molar-refractivity contribution in [1.82, 2.24) is 10.6 Å². The monoisotopic (exact) mass is 422 g/mol. The minimum atomic E-state index is -0.547. The van der Waals surface area contributed by atoms with Gasteiger partial charge in [-0.05, 0) is 37.5 Å². The number of hydrogen-bond acceptors (Lipinski definition) is 5. The zero-order valence-electron chi connectivity index (χ0n) is 18.7. The zero-order valence-corrected chi connectivity index (χ0v) is 18.7. The van der Waals surface area contributed by atoms with E-state index in [-0.39, 0.29) is 48.9 Å². The molecule has 7 heteroatoms. The molecule has 170 valence electrons. The lowest BCUT2D eigenvalue weighted by atomic mass is 9.86. The van der Waals surface area contributed by atoms with E-state index in [1.807, 2.05) is 32.9 Å². The summed E-state index contributed by atoms with van der Waals surface area (Å²) in [5, 5.41) is 15.8. The Morgan fingerprint density at radius 3 is 2.57 bits per heavy atom. The second-order valence-corrected chi connectivity index (χ2v) is 9.80. The number of allylic oxidation sites excluding steroid dienone is 2. The lowest BCUT2D eigenvalue weighted by molar-refractivity contribution is -0.146. The molecule has 0 bridgehead atoms. The van der Waals surface area contributed by atoms with Crippen molar-refractivity contribution in [2.75, 3.05) is 13.2 Å². The molecule has 3 N–H and O–H groups in total. The van der Waals surface area contributed by atoms with Crippen LogP contribution in [0, 0.1) is 11.3 Å². The van der Waals surface area contributed by atoms with E-state index in [9.17, 15) is 19.5 Å². The van der Waals surface area contributed by atoms with Gasteiger partial charge in [0, 0.05) is 12.8 Å². The molecule has 30 heavy (non-hydrogen) atoms. The van der Waals surface area contributed by atoms with Crippen molar-refractivity contribution in [2.24, 2.45) is 11.3 Å². The third-order valence-corrected chi connectivity index (χ3v) is 6.18. The van der Waals surface area contributed by atoms with Gasteiger partial charge in [-0.3, -0.25) is 14.4 Å². The number of carbonyl (C=O) groups is 3. The third-order valence-electron chi connectivity index (χ3n) is 6.18. The summed E-state index contributed by atoms with van der Waals surface area (Å²) >= 11 is 0. The van der Waals surface area contributed by atoms with Crippen LogP contribution in [0.2, 0.25) is 0 Å². The topological polar surface area (TPSA) is 105 Å². The van der Waals surface area contributed by atoms with E-state index in [1.54, 1.807) is 0 Å². The zero-order chi connectivity index (χ0) is 22.2. The second kappa shape index (κ2) is 10.9. The highest BCUT2D eigenvalue weighted by molar-refractivity contribution is 5.86. The van der Waals surface area contributed by atoms with E-state index in [1.165, 1.54) is 0 Å². The number of esters is 1. The van der Waals surface area contributed by atoms with E-state index < -0.39 is 11.5 Å². The number of hydrogen-bond donors (Lipinski definition) is 3. The second-order valence-electron chi connectivity index (χ2n) is 9.80. The molecule has 0 aromatic carbocycles. The molecule has 1 aliphatic carbocycles. The predicted molar refractivity (Wildman–Crippen MR) is 114 cm³/mol. The number of ether oxygens (including phenoxy) is 1. The van der Waals surface area contributed by atoms with Gasteiger partial charge in [-0.1, -0.05) is 45.8 Å². The Morgan fingerprint density at radius 2 is 1.93 bits per heavy atom. The highest BCUT2D eigenvalue weighted by Gasteiger charge is 2.36. The fourth-order valence-corrected chi connectivity index (χ4v) is 4.02. The Labute approximate surface area is 180 Å². The average Bonchev–Trinajstić information content (AvgIpc) is 3.14. The molecular formula is C23H38N2O5. The van der Waals surface area contributed by atoms with Gasteiger partial charge in [0.15, 0.2) is 0 Å². The molecule has 2 rings (SSSR count). The van der Waals surface area contributed by atoms with Crippen LogP contribution in [0.15, 0.2) is 12.2 Å². The molecule has 2 aliphatic rings. The molecular weight excluding hydrogens is 384 g/mol. The number of rotatable bonds is 4. The highest BCUT2D eigenvalue weighted by Crippen LogP contribution is 2.29. The van der Waals surface area contributed by atoms with Gasteiger partial charge in [0.05, 0.1) is 24.1 Å². The Morgan fingerprint density at radius 1 is 1.23 bits per heavy atom. The van der Waals surface area contributed by atoms with Crippen molar-refractivity contribution in [2.45, 2.75) is 90.1 Å². The quantitative estimate of drug-likeness (QED) is 0.477. The maximum absolute atomic E-state index is 13.1. The normalized spacial score (nSPS) is 26.0. The molecule has 0 spiro atoms. The molecule has 7 nitrogen and oxygen atoms in total. The molecule has 1 saturated carbocycles. The first kappa shape index (κ1) is 24.4. The first-order valence-electron chi connectivity index (χ1n) is 11.2. The lowest BCUT2D eigenvalue weighted by Crippen LogP contribution is -2.51. The molecule has 2 atom stereocenters. The van der Waals surface area contributed by atoms with Crippen molar-refractivity contribution < 1.29 is 24.2 Å². The predicted octanol–water partition coefficient (Wildman–Crippen LogP) is 2.62. The lowest BCUT2D eigenvalue weighted by Gasteiger charge is -2.32. The summed E-state index contributed by atoms with van der Waals surface area (Å²) in [6, 6.07) is -0.345. The maximum Gasteiger partial charge on any atom is 0.305 e. The van der Waals surface area contributed by atoms with Gasteiger partial charge in [0.25, 0.3) is 0 Å². The molecule has 2 amide bonds. The van der Waals surface area contributed by atoms with Crippen LogP contribution in [0.1, 0.15) is 78.6 Å². The summed E-state index contributed by atoms with van der Waals surface area (Å²) in [5.41, 5.74) is -0.849. The molecule has 0 aromatic heterocycles. The van der Waals surface area contributed by atoms with Crippen LogP contribution in [-0.2, 0) is 19.1 Å². The Hall–Kier alpha value is -1.89. The van der Waals surface area contributed by atoms with Crippen LogP contribution in [0.25, 0.3) is 0 Å². The standard InChI is InChI=1S/C23H38N2O5/c1-22(2,3)18-15-30-20(28)11-7-5-4-6-10-17(21(29)24-18)14-19(27)25-23(16-26)12-8-9-13-23/h4,6,17-18,26H,5,7-16H2,1-3H3,(H,24,29)(H,25,27). The fraction of sp³-hybridized carbons (Fsp3) is 0.783. The van der Waals surface area contributed by atoms with E-state index in [0.29, 0.717) is 19.3 Å². The fourth-order valence-electron chi connectivity index (χ4n) is 4.02. The minimum Gasteiger partial charge on any atom is -0.463 e. The summed E-state index contributed by atoms with van der Waals surface area (Å²) in [5.74, 6) is -1.19. The van der Waals surface area contributed by atoms with Crippen LogP contribution in [0.5, 0.6) is 0 Å². The molecule has 0 saturated heterocycles. The number of cyclic esters (lactones) is 1. The minimum absolute atomic E-state index is 0.0641. The van der Waals surface area contributed by atoms with Gasteiger partial charge < -0.3 is 20.5 Å². The summed E-state index contributed by atoms with van der Waals surface area (Å²) in [4.78, 5) is 37.7. The van der Waals surface area contributed by atoms with Crippen molar-refractivity contribution >= 4 is 17.8 Å². The van der Waals surface area contributed by atoms with Crippen molar-refractivity contribution in [3.8, 4) is 0 Å². The van der Waals surface area contributed by atoms with E-state index in [4.69, 9.17) is 4.74 Å². The molecule has 1 aliphatic heterocycles. The number of amides is 2. The molecule has 2 unspecified atom stereocenters. The van der Waals surface area contributed by atoms with E-state index >= 15 is 0 Å². The SMILES string of the molecule is CC(C)(C)C1COC(=O)CCCC=CCC(CC(=O)NC2(CO)CCCC2)C(=O)N1. The van der Waals surface area contributed by atoms with Crippen LogP contribution < -0.4 is 10.6 Å². The first-order valence-corrected chi connectivity index (χ1v) is 11.2. The summed E-state index contributed by atoms with van der Waals surface area (Å²) in [6.45, 7) is 5.99. The van der Waals surface area contributed by atoms with Gasteiger partial charge in [-0.25, -0.2) is 0 Å². The van der Waals surface area contributed by atoms with Gasteiger partial charge in [0.1, 0.15) is 6.61 Å². The summed E-state index contributed by atoms with van der Waals surface area (Å²) in [6.07, 6.45) is 9.68. The molecule has 0 aromatic rings. The Balaban J connectivity index is 2.10. The van der Waals surface area contributed by atoms with Crippen LogP contribution >= 0.6 is 0 Å². The van der Waals surface area contributed by atoms with Gasteiger partial charge in [-0.2, -0.15) is 0 Å². The number of carbonyl (C=O) groups excluding carboxylic acids is 3. The Bertz CT molecular complexity index is 632. The van der Waals surface area contributed by atoms with Crippen molar-refractivity contribution in [3.05, 3.63) is 12.2 Å². The smallest absolute Gasteiger partial charge is 0.305 e. The number of aliphatic hydroxyl groups is 1. The summed E-state index contributed by atoms with van der Waals surface area (Å²) < 4.78 is 5.39. The van der Waals surface area contributed by atoms with Crippen molar-refractivity contribution in [1.29, 1.82) is 0 Å². The first-order chi connectivity index (χ1) is 14.1. The number of aliphatic hydroxyl groups excluding tert-OH is 1. The van der Waals surface area contributed by atoms with Crippen LogP contribution in [0.4, 0.5) is 0 Å². The largest absolute Gasteiger partial charge is 0.463 e. The average molecular weight is 423 g/mol. The summed E-state index contributed by atoms with van der Waals surface area (Å²) in [7, 11) is 0. The van der Waals surface area contributed by atoms with Crippen LogP contribution in [-0.4, -0.2) is 47.7 Å². The molecule has 1 fully saturated rings. The highest BCUT2D eigenvalue weighted by atomic mass is 16.5.